The largest absolute Gasteiger partial charge is 0.383 e. The van der Waals surface area contributed by atoms with Crippen molar-refractivity contribution in [3.8, 4) is 17.5 Å². The molecule has 9 heteroatoms. The second kappa shape index (κ2) is 12.2. The summed E-state index contributed by atoms with van der Waals surface area (Å²) in [7, 11) is 1.74. The Labute approximate surface area is 208 Å². The van der Waals surface area contributed by atoms with Crippen molar-refractivity contribution in [2.45, 2.75) is 63.6 Å². The normalized spacial score (nSPS) is 22.7. The standard InChI is InChI=1S/C26H37N7O2/c1-19(15-34-2)31-20-6-8-21(9-7-20)32-25-14-23(29-18-30-25)22-4-3-5-24(33-22)28-17-26(16-27)10-12-35-13-11-26/h3-5,14,18-21,31H,6-13,15,17H2,1-2H3,(H,28,33)(H,29,30,32)/t19-,20?,21?/m1/s1. The van der Waals surface area contributed by atoms with E-state index >= 15 is 0 Å². The minimum absolute atomic E-state index is 0.374. The molecule has 35 heavy (non-hydrogen) atoms. The lowest BCUT2D eigenvalue weighted by atomic mass is 9.82. The van der Waals surface area contributed by atoms with Crippen molar-refractivity contribution in [2.24, 2.45) is 5.41 Å². The molecular formula is C26H37N7O2. The first-order valence-electron chi connectivity index (χ1n) is 12.6. The molecule has 188 valence electrons. The quantitative estimate of drug-likeness (QED) is 0.470. The van der Waals surface area contributed by atoms with Crippen LogP contribution in [0.2, 0.25) is 0 Å². The Morgan fingerprint density at radius 1 is 1.11 bits per heavy atom. The van der Waals surface area contributed by atoms with E-state index in [2.05, 4.69) is 38.9 Å². The molecule has 3 N–H and O–H groups in total. The van der Waals surface area contributed by atoms with Gasteiger partial charge in [0.05, 0.1) is 29.5 Å². The lowest BCUT2D eigenvalue weighted by molar-refractivity contribution is 0.0455. The molecule has 4 rings (SSSR count). The molecular weight excluding hydrogens is 442 g/mol. The second-order valence-corrected chi connectivity index (χ2v) is 9.77. The van der Waals surface area contributed by atoms with Gasteiger partial charge in [-0.2, -0.15) is 5.26 Å². The van der Waals surface area contributed by atoms with Gasteiger partial charge in [-0.3, -0.25) is 0 Å². The maximum Gasteiger partial charge on any atom is 0.130 e. The van der Waals surface area contributed by atoms with Gasteiger partial charge in [-0.1, -0.05) is 6.07 Å². The summed E-state index contributed by atoms with van der Waals surface area (Å²) in [6, 6.07) is 11.6. The summed E-state index contributed by atoms with van der Waals surface area (Å²) >= 11 is 0. The van der Waals surface area contributed by atoms with Gasteiger partial charge >= 0.3 is 0 Å². The van der Waals surface area contributed by atoms with Crippen molar-refractivity contribution in [1.82, 2.24) is 20.3 Å². The molecule has 9 nitrogen and oxygen atoms in total. The molecule has 0 spiro atoms. The van der Waals surface area contributed by atoms with Crippen molar-refractivity contribution in [3.05, 3.63) is 30.6 Å². The monoisotopic (exact) mass is 479 g/mol. The first kappa shape index (κ1) is 25.3. The molecule has 2 aliphatic rings. The zero-order valence-electron chi connectivity index (χ0n) is 20.8. The molecule has 0 unspecified atom stereocenters. The van der Waals surface area contributed by atoms with Crippen LogP contribution in [0.15, 0.2) is 30.6 Å². The van der Waals surface area contributed by atoms with E-state index in [1.165, 1.54) is 0 Å². The van der Waals surface area contributed by atoms with Gasteiger partial charge in [-0.25, -0.2) is 15.0 Å². The highest BCUT2D eigenvalue weighted by atomic mass is 16.5. The third-order valence-electron chi connectivity index (χ3n) is 6.99. The van der Waals surface area contributed by atoms with Gasteiger partial charge in [0, 0.05) is 51.1 Å². The Morgan fingerprint density at radius 3 is 2.63 bits per heavy atom. The van der Waals surface area contributed by atoms with E-state index in [0.29, 0.717) is 37.9 Å². The Morgan fingerprint density at radius 2 is 1.89 bits per heavy atom. The van der Waals surface area contributed by atoms with Crippen molar-refractivity contribution in [3.63, 3.8) is 0 Å². The number of aromatic nitrogens is 3. The number of methoxy groups -OCH3 is 1. The summed E-state index contributed by atoms with van der Waals surface area (Å²) < 4.78 is 10.7. The summed E-state index contributed by atoms with van der Waals surface area (Å²) in [4.78, 5) is 13.6. The van der Waals surface area contributed by atoms with E-state index in [0.717, 1.165) is 68.2 Å². The highest BCUT2D eigenvalue weighted by Gasteiger charge is 2.32. The van der Waals surface area contributed by atoms with Crippen LogP contribution in [0.5, 0.6) is 0 Å². The molecule has 1 atom stereocenters. The Bertz CT molecular complexity index is 982. The Balaban J connectivity index is 1.33. The number of rotatable bonds is 10. The molecule has 3 heterocycles. The average molecular weight is 480 g/mol. The van der Waals surface area contributed by atoms with E-state index < -0.39 is 5.41 Å². The van der Waals surface area contributed by atoms with Gasteiger partial charge in [0.25, 0.3) is 0 Å². The Hall–Kier alpha value is -2.80. The molecule has 0 radical (unpaired) electrons. The molecule has 1 saturated carbocycles. The topological polar surface area (TPSA) is 117 Å². The fourth-order valence-corrected chi connectivity index (χ4v) is 4.92. The number of pyridine rings is 1. The maximum absolute atomic E-state index is 9.69. The van der Waals surface area contributed by atoms with Crippen LogP contribution in [0, 0.1) is 16.7 Å². The van der Waals surface area contributed by atoms with Crippen LogP contribution >= 0.6 is 0 Å². The van der Waals surface area contributed by atoms with E-state index in [4.69, 9.17) is 14.5 Å². The van der Waals surface area contributed by atoms with Crippen LogP contribution in [-0.2, 0) is 9.47 Å². The number of ether oxygens (including phenoxy) is 2. The molecule has 1 aliphatic heterocycles. The molecule has 0 aromatic carbocycles. The van der Waals surface area contributed by atoms with Gasteiger partial charge in [-0.15, -0.1) is 0 Å². The lowest BCUT2D eigenvalue weighted by Gasteiger charge is -2.31. The predicted octanol–water partition coefficient (Wildman–Crippen LogP) is 3.62. The third kappa shape index (κ3) is 7.10. The van der Waals surface area contributed by atoms with Gasteiger partial charge in [-0.05, 0) is 57.6 Å². The van der Waals surface area contributed by atoms with Crippen LogP contribution in [-0.4, -0.2) is 66.6 Å². The summed E-state index contributed by atoms with van der Waals surface area (Å²) in [5.74, 6) is 1.57. The Kier molecular flexibility index (Phi) is 8.85. The zero-order chi connectivity index (χ0) is 24.5. The van der Waals surface area contributed by atoms with Crippen LogP contribution in [0.1, 0.15) is 45.4 Å². The number of hydrogen-bond acceptors (Lipinski definition) is 9. The van der Waals surface area contributed by atoms with Gasteiger partial charge in [0.15, 0.2) is 0 Å². The first-order chi connectivity index (χ1) is 17.1. The van der Waals surface area contributed by atoms with Crippen molar-refractivity contribution < 1.29 is 9.47 Å². The average Bonchev–Trinajstić information content (AvgIpc) is 2.90. The molecule has 2 aromatic rings. The minimum Gasteiger partial charge on any atom is -0.383 e. The van der Waals surface area contributed by atoms with Crippen LogP contribution in [0.25, 0.3) is 11.4 Å². The molecule has 0 bridgehead atoms. The summed E-state index contributed by atoms with van der Waals surface area (Å²) in [5.41, 5.74) is 1.15. The molecule has 1 aliphatic carbocycles. The maximum atomic E-state index is 9.69. The number of hydrogen-bond donors (Lipinski definition) is 3. The number of nitriles is 1. The minimum atomic E-state index is -0.404. The van der Waals surface area contributed by atoms with Gasteiger partial charge in [0.2, 0.25) is 0 Å². The smallest absolute Gasteiger partial charge is 0.130 e. The van der Waals surface area contributed by atoms with E-state index in [9.17, 15) is 5.26 Å². The molecule has 2 fully saturated rings. The fraction of sp³-hybridized carbons (Fsp3) is 0.615. The number of nitrogens with one attached hydrogen (secondary N) is 3. The van der Waals surface area contributed by atoms with Gasteiger partial charge < -0.3 is 25.4 Å². The molecule has 2 aromatic heterocycles. The van der Waals surface area contributed by atoms with E-state index in [1.807, 2.05) is 24.3 Å². The van der Waals surface area contributed by atoms with Crippen LogP contribution in [0.3, 0.4) is 0 Å². The van der Waals surface area contributed by atoms with Gasteiger partial charge in [0.1, 0.15) is 18.0 Å². The number of anilines is 2. The third-order valence-corrected chi connectivity index (χ3v) is 6.99. The zero-order valence-corrected chi connectivity index (χ0v) is 20.8. The highest BCUT2D eigenvalue weighted by Crippen LogP contribution is 2.30. The molecule has 0 amide bonds. The highest BCUT2D eigenvalue weighted by molar-refractivity contribution is 5.60. The van der Waals surface area contributed by atoms with Crippen LogP contribution < -0.4 is 16.0 Å². The first-order valence-corrected chi connectivity index (χ1v) is 12.6. The van der Waals surface area contributed by atoms with Crippen molar-refractivity contribution in [1.29, 1.82) is 5.26 Å². The summed E-state index contributed by atoms with van der Waals surface area (Å²) in [6.45, 7) is 4.72. The van der Waals surface area contributed by atoms with Crippen molar-refractivity contribution >= 4 is 11.6 Å². The SMILES string of the molecule is COC[C@@H](C)NC1CCC(Nc2cc(-c3cccc(NCC4(C#N)CCOCC4)n3)ncn2)CC1. The molecule has 1 saturated heterocycles. The lowest BCUT2D eigenvalue weighted by Crippen LogP contribution is -2.42. The number of nitrogens with zero attached hydrogens (tertiary/aromatic N) is 4. The fourth-order valence-electron chi connectivity index (χ4n) is 4.92. The van der Waals surface area contributed by atoms with Crippen LogP contribution in [0.4, 0.5) is 11.6 Å². The summed E-state index contributed by atoms with van der Waals surface area (Å²) in [6.07, 6.45) is 7.53. The summed E-state index contributed by atoms with van der Waals surface area (Å²) in [5, 5.41) is 20.3. The van der Waals surface area contributed by atoms with Crippen molar-refractivity contribution in [2.75, 3.05) is 44.1 Å². The second-order valence-electron chi connectivity index (χ2n) is 9.77. The predicted molar refractivity (Wildman–Crippen MR) is 136 cm³/mol. The van der Waals surface area contributed by atoms with E-state index in [-0.39, 0.29) is 0 Å². The van der Waals surface area contributed by atoms with E-state index in [1.54, 1.807) is 13.4 Å².